The number of fused-ring (bicyclic) bond motifs is 5. The van der Waals surface area contributed by atoms with Crippen LogP contribution in [0.5, 0.6) is 0 Å². The first-order valence-electron chi connectivity index (χ1n) is 18.0. The van der Waals surface area contributed by atoms with E-state index < -0.39 is 0 Å². The van der Waals surface area contributed by atoms with Gasteiger partial charge in [0.15, 0.2) is 0 Å². The van der Waals surface area contributed by atoms with Gasteiger partial charge in [0.25, 0.3) is 0 Å². The maximum absolute atomic E-state index is 2.50. The molecule has 0 saturated carbocycles. The lowest BCUT2D eigenvalue weighted by Gasteiger charge is -2.25. The van der Waals surface area contributed by atoms with Crippen molar-refractivity contribution in [1.82, 2.24) is 4.40 Å². The van der Waals surface area contributed by atoms with Gasteiger partial charge in [0.2, 0.25) is 0 Å². The summed E-state index contributed by atoms with van der Waals surface area (Å²) in [6.45, 7) is 0. The number of anilines is 3. The van der Waals surface area contributed by atoms with Crippen molar-refractivity contribution < 1.29 is 0 Å². The number of benzene rings is 8. The standard InChI is InChI=1S/C50H34N2S/c1-5-17-35(18-6-1)42-25-13-14-26-43(42)38-33-45(36-29-31-41(32-30-36)51(39-21-9-3-10-22-39)40-23-11-4-12-24-40)49-47(34-38)52-46-28-16-15-27-44(46)48(50(52)53-49)37-19-7-2-8-20-37/h1-34H. The van der Waals surface area contributed by atoms with Crippen LogP contribution in [0.15, 0.2) is 206 Å². The van der Waals surface area contributed by atoms with Crippen LogP contribution in [0, 0.1) is 0 Å². The highest BCUT2D eigenvalue weighted by atomic mass is 32.1. The summed E-state index contributed by atoms with van der Waals surface area (Å²) in [6, 6.07) is 74.4. The Balaban J connectivity index is 1.23. The first-order valence-corrected chi connectivity index (χ1v) is 18.8. The molecule has 250 valence electrons. The summed E-state index contributed by atoms with van der Waals surface area (Å²) in [5, 5.41) is 1.27. The number of rotatable bonds is 7. The van der Waals surface area contributed by atoms with Crippen molar-refractivity contribution in [2.75, 3.05) is 4.90 Å². The smallest absolute Gasteiger partial charge is 0.109 e. The minimum Gasteiger partial charge on any atom is -0.311 e. The molecule has 0 aliphatic heterocycles. The van der Waals surface area contributed by atoms with Crippen LogP contribution in [0.2, 0.25) is 0 Å². The Kier molecular flexibility index (Phi) is 7.71. The van der Waals surface area contributed by atoms with Gasteiger partial charge in [0.1, 0.15) is 4.83 Å². The quantitative estimate of drug-likeness (QED) is 0.161. The fourth-order valence-corrected chi connectivity index (χ4v) is 9.14. The van der Waals surface area contributed by atoms with Crippen LogP contribution in [-0.2, 0) is 0 Å². The molecule has 53 heavy (non-hydrogen) atoms. The molecule has 10 rings (SSSR count). The third kappa shape index (κ3) is 5.42. The van der Waals surface area contributed by atoms with Gasteiger partial charge in [-0.15, -0.1) is 11.3 Å². The fourth-order valence-electron chi connectivity index (χ4n) is 7.79. The van der Waals surface area contributed by atoms with E-state index in [1.807, 2.05) is 11.3 Å². The normalized spacial score (nSPS) is 11.4. The predicted octanol–water partition coefficient (Wildman–Crippen LogP) is 14.4. The van der Waals surface area contributed by atoms with Crippen molar-refractivity contribution >= 4 is 54.3 Å². The highest BCUT2D eigenvalue weighted by molar-refractivity contribution is 7.25. The minimum absolute atomic E-state index is 1.12. The maximum Gasteiger partial charge on any atom is 0.109 e. The Morgan fingerprint density at radius 3 is 1.49 bits per heavy atom. The molecule has 0 amide bonds. The van der Waals surface area contributed by atoms with Crippen LogP contribution in [-0.4, -0.2) is 4.40 Å². The summed E-state index contributed by atoms with van der Waals surface area (Å²) in [7, 11) is 0. The molecule has 3 heteroatoms. The van der Waals surface area contributed by atoms with Crippen LogP contribution >= 0.6 is 11.3 Å². The summed E-state index contributed by atoms with van der Waals surface area (Å²) < 4.78 is 3.77. The van der Waals surface area contributed by atoms with Gasteiger partial charge in [-0.05, 0) is 88.0 Å². The van der Waals surface area contributed by atoms with Crippen LogP contribution in [0.1, 0.15) is 0 Å². The minimum atomic E-state index is 1.12. The zero-order valence-corrected chi connectivity index (χ0v) is 29.7. The summed E-state index contributed by atoms with van der Waals surface area (Å²) >= 11 is 1.89. The third-order valence-corrected chi connectivity index (χ3v) is 11.4. The van der Waals surface area contributed by atoms with Gasteiger partial charge in [0, 0.05) is 33.6 Å². The number of hydrogen-bond acceptors (Lipinski definition) is 2. The zero-order chi connectivity index (χ0) is 35.1. The van der Waals surface area contributed by atoms with Gasteiger partial charge >= 0.3 is 0 Å². The lowest BCUT2D eigenvalue weighted by atomic mass is 9.92. The van der Waals surface area contributed by atoms with Crippen LogP contribution in [0.3, 0.4) is 0 Å². The molecule has 0 aliphatic carbocycles. The van der Waals surface area contributed by atoms with Gasteiger partial charge in [-0.25, -0.2) is 0 Å². The second kappa shape index (κ2) is 13.1. The van der Waals surface area contributed by atoms with E-state index in [0.717, 1.165) is 17.1 Å². The molecular formula is C50H34N2S. The highest BCUT2D eigenvalue weighted by Gasteiger charge is 2.22. The topological polar surface area (TPSA) is 7.65 Å². The maximum atomic E-state index is 2.50. The molecule has 2 nitrogen and oxygen atoms in total. The summed E-state index contributed by atoms with van der Waals surface area (Å²) in [6.07, 6.45) is 0. The van der Waals surface area contributed by atoms with E-state index in [0.29, 0.717) is 0 Å². The molecular weight excluding hydrogens is 661 g/mol. The monoisotopic (exact) mass is 694 g/mol. The molecule has 8 aromatic carbocycles. The zero-order valence-electron chi connectivity index (χ0n) is 28.9. The Labute approximate surface area is 313 Å². The molecule has 0 saturated heterocycles. The van der Waals surface area contributed by atoms with Crippen molar-refractivity contribution in [3.8, 4) is 44.5 Å². The predicted molar refractivity (Wildman–Crippen MR) is 227 cm³/mol. The second-order valence-electron chi connectivity index (χ2n) is 13.3. The number of hydrogen-bond donors (Lipinski definition) is 0. The number of thiazole rings is 1. The Bertz CT molecular complexity index is 2820. The fraction of sp³-hybridized carbons (Fsp3) is 0. The van der Waals surface area contributed by atoms with E-state index in [2.05, 4.69) is 216 Å². The lowest BCUT2D eigenvalue weighted by molar-refractivity contribution is 1.28. The van der Waals surface area contributed by atoms with Crippen molar-refractivity contribution in [3.05, 3.63) is 206 Å². The van der Waals surface area contributed by atoms with Crippen LogP contribution < -0.4 is 4.90 Å². The average Bonchev–Trinajstić information content (AvgIpc) is 3.77. The molecule has 0 fully saturated rings. The summed E-state index contributed by atoms with van der Waals surface area (Å²) in [5.74, 6) is 0. The van der Waals surface area contributed by atoms with Crippen molar-refractivity contribution in [3.63, 3.8) is 0 Å². The highest BCUT2D eigenvalue weighted by Crippen LogP contribution is 2.47. The van der Waals surface area contributed by atoms with Crippen LogP contribution in [0.25, 0.3) is 70.5 Å². The number of aromatic nitrogens is 1. The molecule has 0 bridgehead atoms. The third-order valence-electron chi connectivity index (χ3n) is 10.2. The van der Waals surface area contributed by atoms with Gasteiger partial charge in [-0.1, -0.05) is 152 Å². The summed E-state index contributed by atoms with van der Waals surface area (Å²) in [4.78, 5) is 3.58. The number of para-hydroxylation sites is 3. The Morgan fingerprint density at radius 1 is 0.358 bits per heavy atom. The van der Waals surface area contributed by atoms with Gasteiger partial charge in [-0.3, -0.25) is 4.40 Å². The van der Waals surface area contributed by atoms with E-state index in [1.165, 1.54) is 70.5 Å². The Hall–Kier alpha value is -6.68. The molecule has 0 aliphatic rings. The van der Waals surface area contributed by atoms with E-state index >= 15 is 0 Å². The van der Waals surface area contributed by atoms with Crippen molar-refractivity contribution in [2.45, 2.75) is 0 Å². The van der Waals surface area contributed by atoms with Crippen molar-refractivity contribution in [1.29, 1.82) is 0 Å². The molecule has 0 spiro atoms. The van der Waals surface area contributed by atoms with E-state index in [1.54, 1.807) is 0 Å². The van der Waals surface area contributed by atoms with Gasteiger partial charge in [0.05, 0.1) is 15.7 Å². The molecule has 0 N–H and O–H groups in total. The average molecular weight is 695 g/mol. The molecule has 0 unspecified atom stereocenters. The molecule has 0 atom stereocenters. The van der Waals surface area contributed by atoms with Crippen LogP contribution in [0.4, 0.5) is 17.1 Å². The summed E-state index contributed by atoms with van der Waals surface area (Å²) in [5.41, 5.74) is 15.6. The molecule has 0 radical (unpaired) electrons. The van der Waals surface area contributed by atoms with E-state index in [-0.39, 0.29) is 0 Å². The molecule has 2 heterocycles. The largest absolute Gasteiger partial charge is 0.311 e. The molecule has 2 aromatic heterocycles. The van der Waals surface area contributed by atoms with Crippen molar-refractivity contribution in [2.24, 2.45) is 0 Å². The van der Waals surface area contributed by atoms with Gasteiger partial charge in [-0.2, -0.15) is 0 Å². The second-order valence-corrected chi connectivity index (χ2v) is 14.3. The first-order chi connectivity index (χ1) is 26.3. The van der Waals surface area contributed by atoms with Gasteiger partial charge < -0.3 is 4.90 Å². The lowest BCUT2D eigenvalue weighted by Crippen LogP contribution is -2.09. The number of nitrogens with zero attached hydrogens (tertiary/aromatic N) is 2. The SMILES string of the molecule is c1ccc(-c2ccccc2-c2cc(-c3ccc(N(c4ccccc4)c4ccccc4)cc3)c3sc4c(-c5ccccc5)c5ccccc5n4c3c2)cc1. The molecule has 10 aromatic rings. The Morgan fingerprint density at radius 2 is 0.849 bits per heavy atom. The first kappa shape index (κ1) is 31.1. The van der Waals surface area contributed by atoms with E-state index in [9.17, 15) is 0 Å². The van der Waals surface area contributed by atoms with E-state index in [4.69, 9.17) is 0 Å².